The van der Waals surface area contributed by atoms with Crippen molar-refractivity contribution in [2.45, 2.75) is 10.8 Å². The largest absolute Gasteiger partial charge is 0.355 e. The summed E-state index contributed by atoms with van der Waals surface area (Å²) < 4.78 is 3.22. The minimum atomic E-state index is 0.0175. The predicted molar refractivity (Wildman–Crippen MR) is 104 cm³/mol. The molecule has 24 heavy (non-hydrogen) atoms. The van der Waals surface area contributed by atoms with Gasteiger partial charge in [0.15, 0.2) is 8.29 Å². The maximum Gasteiger partial charge on any atom is 0.230 e. The standard InChI is InChI=1S/C16H15N3OS4/c20-14(17-9-8-13-7-4-10-22-13)11-23-15-18-19(16(21)24-15)12-5-2-1-3-6-12/h1-7,10H,8-9,11H2,(H,17,20). The number of nitrogens with one attached hydrogen (secondary N) is 1. The highest BCUT2D eigenvalue weighted by Crippen LogP contribution is 2.23. The molecule has 0 radical (unpaired) electrons. The second-order valence-electron chi connectivity index (χ2n) is 4.85. The number of carbonyl (C=O) groups is 1. The van der Waals surface area contributed by atoms with E-state index in [0.717, 1.165) is 16.4 Å². The van der Waals surface area contributed by atoms with Crippen LogP contribution in [0.3, 0.4) is 0 Å². The first kappa shape index (κ1) is 17.3. The molecule has 1 N–H and O–H groups in total. The third kappa shape index (κ3) is 4.76. The van der Waals surface area contributed by atoms with E-state index >= 15 is 0 Å². The smallest absolute Gasteiger partial charge is 0.230 e. The number of hydrogen-bond donors (Lipinski definition) is 1. The van der Waals surface area contributed by atoms with E-state index in [1.807, 2.05) is 41.8 Å². The fourth-order valence-electron chi connectivity index (χ4n) is 2.01. The van der Waals surface area contributed by atoms with E-state index in [1.165, 1.54) is 28.0 Å². The first-order valence-electron chi connectivity index (χ1n) is 7.30. The number of aromatic nitrogens is 2. The van der Waals surface area contributed by atoms with E-state index in [4.69, 9.17) is 12.2 Å². The molecule has 3 aromatic rings. The van der Waals surface area contributed by atoms with Crippen LogP contribution in [0.2, 0.25) is 0 Å². The molecule has 4 nitrogen and oxygen atoms in total. The quantitative estimate of drug-likeness (QED) is 0.483. The van der Waals surface area contributed by atoms with Crippen molar-refractivity contribution in [1.29, 1.82) is 0 Å². The van der Waals surface area contributed by atoms with Crippen LogP contribution in [0.15, 0.2) is 52.2 Å². The number of rotatable bonds is 7. The van der Waals surface area contributed by atoms with Crippen LogP contribution < -0.4 is 5.32 Å². The molecule has 1 aromatic carbocycles. The summed E-state index contributed by atoms with van der Waals surface area (Å²) in [6.07, 6.45) is 0.871. The van der Waals surface area contributed by atoms with Crippen molar-refractivity contribution in [2.24, 2.45) is 0 Å². The van der Waals surface area contributed by atoms with Crippen molar-refractivity contribution in [3.8, 4) is 5.69 Å². The number of nitrogens with zero attached hydrogens (tertiary/aromatic N) is 2. The number of hydrogen-bond acceptors (Lipinski definition) is 6. The van der Waals surface area contributed by atoms with E-state index < -0.39 is 0 Å². The molecule has 0 saturated carbocycles. The Morgan fingerprint density at radius 1 is 1.25 bits per heavy atom. The molecule has 8 heteroatoms. The minimum Gasteiger partial charge on any atom is -0.355 e. The average Bonchev–Trinajstić information content (AvgIpc) is 3.23. The van der Waals surface area contributed by atoms with E-state index in [2.05, 4.69) is 16.5 Å². The highest BCUT2D eigenvalue weighted by Gasteiger charge is 2.09. The molecular formula is C16H15N3OS4. The summed E-state index contributed by atoms with van der Waals surface area (Å²) >= 11 is 9.91. The number of para-hydroxylation sites is 1. The first-order chi connectivity index (χ1) is 11.7. The highest BCUT2D eigenvalue weighted by atomic mass is 32.2. The molecule has 0 fully saturated rings. The van der Waals surface area contributed by atoms with E-state index in [1.54, 1.807) is 16.0 Å². The lowest BCUT2D eigenvalue weighted by molar-refractivity contribution is -0.118. The summed E-state index contributed by atoms with van der Waals surface area (Å²) in [7, 11) is 0. The monoisotopic (exact) mass is 393 g/mol. The fourth-order valence-corrected chi connectivity index (χ4v) is 4.91. The van der Waals surface area contributed by atoms with E-state index in [9.17, 15) is 4.79 Å². The summed E-state index contributed by atoms with van der Waals surface area (Å²) in [6, 6.07) is 13.9. The average molecular weight is 394 g/mol. The number of benzene rings is 1. The predicted octanol–water partition coefficient (Wildman–Crippen LogP) is 4.18. The van der Waals surface area contributed by atoms with Gasteiger partial charge in [0.05, 0.1) is 11.4 Å². The molecule has 0 aliphatic carbocycles. The maximum absolute atomic E-state index is 11.9. The molecule has 2 heterocycles. The van der Waals surface area contributed by atoms with Crippen molar-refractivity contribution in [3.05, 3.63) is 56.7 Å². The zero-order chi connectivity index (χ0) is 16.8. The Balaban J connectivity index is 1.50. The molecule has 0 aliphatic heterocycles. The Hall–Kier alpha value is -1.48. The molecular weight excluding hydrogens is 378 g/mol. The lowest BCUT2D eigenvalue weighted by Crippen LogP contribution is -2.27. The van der Waals surface area contributed by atoms with Crippen molar-refractivity contribution >= 4 is 52.6 Å². The first-order valence-corrected chi connectivity index (χ1v) is 10.4. The Kier molecular flexibility index (Phi) is 6.19. The Morgan fingerprint density at radius 2 is 2.08 bits per heavy atom. The van der Waals surface area contributed by atoms with Gasteiger partial charge in [-0.2, -0.15) is 0 Å². The van der Waals surface area contributed by atoms with Gasteiger partial charge in [-0.3, -0.25) is 4.79 Å². The zero-order valence-corrected chi connectivity index (χ0v) is 15.9. The van der Waals surface area contributed by atoms with Gasteiger partial charge in [-0.25, -0.2) is 4.68 Å². The zero-order valence-electron chi connectivity index (χ0n) is 12.7. The Morgan fingerprint density at radius 3 is 2.83 bits per heavy atom. The van der Waals surface area contributed by atoms with Gasteiger partial charge in [-0.15, -0.1) is 16.4 Å². The lowest BCUT2D eigenvalue weighted by Gasteiger charge is -2.03. The highest BCUT2D eigenvalue weighted by molar-refractivity contribution is 8.01. The van der Waals surface area contributed by atoms with Gasteiger partial charge >= 0.3 is 0 Å². The Bertz CT molecular complexity index is 840. The van der Waals surface area contributed by atoms with Gasteiger partial charge in [0, 0.05) is 11.4 Å². The summed E-state index contributed by atoms with van der Waals surface area (Å²) in [5, 5.41) is 9.47. The summed E-state index contributed by atoms with van der Waals surface area (Å²) in [5.41, 5.74) is 0.936. The third-order valence-corrected chi connectivity index (χ3v) is 6.43. The van der Waals surface area contributed by atoms with Gasteiger partial charge in [0.1, 0.15) is 0 Å². The van der Waals surface area contributed by atoms with Gasteiger partial charge in [-0.05, 0) is 42.2 Å². The minimum absolute atomic E-state index is 0.0175. The molecule has 3 rings (SSSR count). The van der Waals surface area contributed by atoms with Crippen molar-refractivity contribution in [2.75, 3.05) is 12.3 Å². The van der Waals surface area contributed by atoms with Gasteiger partial charge in [0.2, 0.25) is 5.91 Å². The lowest BCUT2D eigenvalue weighted by atomic mass is 10.3. The molecule has 0 unspecified atom stereocenters. The molecule has 1 amide bonds. The number of thioether (sulfide) groups is 1. The van der Waals surface area contributed by atoms with Crippen LogP contribution in [0, 0.1) is 3.95 Å². The van der Waals surface area contributed by atoms with Crippen LogP contribution >= 0.6 is 46.7 Å². The summed E-state index contributed by atoms with van der Waals surface area (Å²) in [6.45, 7) is 0.661. The van der Waals surface area contributed by atoms with Crippen LogP contribution in [-0.4, -0.2) is 28.0 Å². The third-order valence-electron chi connectivity index (χ3n) is 3.13. The molecule has 0 aliphatic rings. The maximum atomic E-state index is 11.9. The normalized spacial score (nSPS) is 10.7. The number of carbonyl (C=O) groups excluding carboxylic acids is 1. The fraction of sp³-hybridized carbons (Fsp3) is 0.188. The summed E-state index contributed by atoms with van der Waals surface area (Å²) in [4.78, 5) is 13.2. The van der Waals surface area contributed by atoms with Crippen molar-refractivity contribution < 1.29 is 4.79 Å². The number of amides is 1. The molecule has 124 valence electrons. The molecule has 0 spiro atoms. The topological polar surface area (TPSA) is 46.9 Å². The second kappa shape index (κ2) is 8.57. The van der Waals surface area contributed by atoms with E-state index in [-0.39, 0.29) is 5.91 Å². The van der Waals surface area contributed by atoms with Crippen molar-refractivity contribution in [1.82, 2.24) is 15.1 Å². The Labute approximate surface area is 157 Å². The number of thiophene rings is 1. The van der Waals surface area contributed by atoms with Crippen LogP contribution in [0.5, 0.6) is 0 Å². The molecule has 2 aromatic heterocycles. The van der Waals surface area contributed by atoms with E-state index in [0.29, 0.717) is 16.3 Å². The van der Waals surface area contributed by atoms with Crippen LogP contribution in [0.4, 0.5) is 0 Å². The molecule has 0 bridgehead atoms. The van der Waals surface area contributed by atoms with Gasteiger partial charge in [-0.1, -0.05) is 47.4 Å². The van der Waals surface area contributed by atoms with Gasteiger partial charge < -0.3 is 5.32 Å². The van der Waals surface area contributed by atoms with Crippen molar-refractivity contribution in [3.63, 3.8) is 0 Å². The second-order valence-corrected chi connectivity index (χ2v) is 8.73. The molecule has 0 atom stereocenters. The van der Waals surface area contributed by atoms with Crippen LogP contribution in [0.1, 0.15) is 4.88 Å². The van der Waals surface area contributed by atoms with Crippen LogP contribution in [-0.2, 0) is 11.2 Å². The summed E-state index contributed by atoms with van der Waals surface area (Å²) in [5.74, 6) is 0.366. The molecule has 0 saturated heterocycles. The van der Waals surface area contributed by atoms with Gasteiger partial charge in [0.25, 0.3) is 0 Å². The van der Waals surface area contributed by atoms with Crippen LogP contribution in [0.25, 0.3) is 5.69 Å². The SMILES string of the molecule is O=C(CSc1nn(-c2ccccc2)c(=S)s1)NCCc1cccs1.